The summed E-state index contributed by atoms with van der Waals surface area (Å²) in [6.07, 6.45) is 1.87. The molecule has 0 aliphatic rings. The van der Waals surface area contributed by atoms with Gasteiger partial charge in [0.25, 0.3) is 0 Å². The minimum atomic E-state index is 0.201. The first-order chi connectivity index (χ1) is 12.0. The quantitative estimate of drug-likeness (QED) is 0.734. The van der Waals surface area contributed by atoms with Gasteiger partial charge in [-0.15, -0.1) is 10.2 Å². The van der Waals surface area contributed by atoms with Crippen molar-refractivity contribution in [3.63, 3.8) is 0 Å². The van der Waals surface area contributed by atoms with Crippen molar-refractivity contribution in [1.82, 2.24) is 24.9 Å². The minimum Gasteiger partial charge on any atom is -0.367 e. The SMILES string of the molecule is Cc1ccn(-c2ccc(NCC(c3ccc(Cl)cc3)N(C)C)nn2)n1. The molecule has 0 fully saturated rings. The molecule has 130 valence electrons. The van der Waals surface area contributed by atoms with E-state index in [4.69, 9.17) is 11.6 Å². The Balaban J connectivity index is 1.67. The second-order valence-electron chi connectivity index (χ2n) is 6.09. The molecule has 0 aliphatic carbocycles. The first-order valence-electron chi connectivity index (χ1n) is 8.05. The van der Waals surface area contributed by atoms with Gasteiger partial charge in [0.05, 0.1) is 11.7 Å². The van der Waals surface area contributed by atoms with Gasteiger partial charge in [0, 0.05) is 17.8 Å². The Labute approximate surface area is 152 Å². The van der Waals surface area contributed by atoms with Crippen LogP contribution in [0.5, 0.6) is 0 Å². The molecule has 0 saturated carbocycles. The van der Waals surface area contributed by atoms with Gasteiger partial charge in [0.15, 0.2) is 5.82 Å². The van der Waals surface area contributed by atoms with E-state index in [1.807, 2.05) is 55.6 Å². The van der Waals surface area contributed by atoms with E-state index in [-0.39, 0.29) is 6.04 Å². The van der Waals surface area contributed by atoms with Gasteiger partial charge in [0.2, 0.25) is 0 Å². The summed E-state index contributed by atoms with van der Waals surface area (Å²) in [6, 6.07) is 13.9. The number of hydrogen-bond donors (Lipinski definition) is 1. The van der Waals surface area contributed by atoms with Crippen LogP contribution in [0, 0.1) is 6.92 Å². The Morgan fingerprint density at radius 1 is 1.08 bits per heavy atom. The molecule has 0 aliphatic heterocycles. The van der Waals surface area contributed by atoms with Crippen molar-refractivity contribution in [2.45, 2.75) is 13.0 Å². The molecule has 3 aromatic rings. The average Bonchev–Trinajstić information content (AvgIpc) is 3.03. The number of nitrogens with one attached hydrogen (secondary N) is 1. The topological polar surface area (TPSA) is 58.9 Å². The number of anilines is 1. The van der Waals surface area contributed by atoms with E-state index in [2.05, 4.69) is 39.6 Å². The number of hydrogen-bond acceptors (Lipinski definition) is 5. The van der Waals surface area contributed by atoms with Gasteiger partial charge >= 0.3 is 0 Å². The summed E-state index contributed by atoms with van der Waals surface area (Å²) >= 11 is 5.98. The van der Waals surface area contributed by atoms with E-state index < -0.39 is 0 Å². The second kappa shape index (κ2) is 7.63. The molecular formula is C18H21ClN6. The third-order valence-electron chi connectivity index (χ3n) is 3.96. The van der Waals surface area contributed by atoms with Gasteiger partial charge in [-0.3, -0.25) is 0 Å². The fraction of sp³-hybridized carbons (Fsp3) is 0.278. The normalized spacial score (nSPS) is 12.4. The second-order valence-corrected chi connectivity index (χ2v) is 6.53. The molecule has 1 N–H and O–H groups in total. The maximum atomic E-state index is 5.98. The van der Waals surface area contributed by atoms with Crippen LogP contribution in [-0.4, -0.2) is 45.5 Å². The maximum absolute atomic E-state index is 5.98. The number of nitrogens with zero attached hydrogens (tertiary/aromatic N) is 5. The van der Waals surface area contributed by atoms with Crippen LogP contribution in [0.2, 0.25) is 5.02 Å². The van der Waals surface area contributed by atoms with E-state index in [0.29, 0.717) is 12.4 Å². The predicted molar refractivity (Wildman–Crippen MR) is 100 cm³/mol. The third-order valence-corrected chi connectivity index (χ3v) is 4.21. The zero-order valence-electron chi connectivity index (χ0n) is 14.5. The van der Waals surface area contributed by atoms with E-state index in [0.717, 1.165) is 16.5 Å². The summed E-state index contributed by atoms with van der Waals surface area (Å²) < 4.78 is 1.71. The lowest BCUT2D eigenvalue weighted by atomic mass is 10.1. The van der Waals surface area contributed by atoms with Crippen LogP contribution in [0.1, 0.15) is 17.3 Å². The minimum absolute atomic E-state index is 0.201. The summed E-state index contributed by atoms with van der Waals surface area (Å²) in [5.74, 6) is 1.42. The number of aryl methyl sites for hydroxylation is 1. The zero-order chi connectivity index (χ0) is 17.8. The molecule has 0 saturated heterocycles. The number of benzene rings is 1. The van der Waals surface area contributed by atoms with Gasteiger partial charge in [-0.05, 0) is 56.9 Å². The van der Waals surface area contributed by atoms with Gasteiger partial charge in [-0.25, -0.2) is 4.68 Å². The Kier molecular flexibility index (Phi) is 5.31. The van der Waals surface area contributed by atoms with Crippen molar-refractivity contribution in [2.24, 2.45) is 0 Å². The lowest BCUT2D eigenvalue weighted by molar-refractivity contribution is 0.311. The van der Waals surface area contributed by atoms with Crippen molar-refractivity contribution < 1.29 is 0 Å². The lowest BCUT2D eigenvalue weighted by Crippen LogP contribution is -2.27. The molecule has 0 bridgehead atoms. The van der Waals surface area contributed by atoms with Gasteiger partial charge < -0.3 is 10.2 Å². The van der Waals surface area contributed by atoms with E-state index >= 15 is 0 Å². The van der Waals surface area contributed by atoms with Crippen LogP contribution >= 0.6 is 11.6 Å². The smallest absolute Gasteiger partial charge is 0.175 e. The Morgan fingerprint density at radius 2 is 1.84 bits per heavy atom. The first kappa shape index (κ1) is 17.4. The highest BCUT2D eigenvalue weighted by atomic mass is 35.5. The van der Waals surface area contributed by atoms with Crippen molar-refractivity contribution in [3.05, 3.63) is 64.9 Å². The largest absolute Gasteiger partial charge is 0.367 e. The van der Waals surface area contributed by atoms with Crippen LogP contribution in [0.4, 0.5) is 5.82 Å². The summed E-state index contributed by atoms with van der Waals surface area (Å²) in [4.78, 5) is 2.16. The molecule has 0 amide bonds. The van der Waals surface area contributed by atoms with E-state index in [9.17, 15) is 0 Å². The van der Waals surface area contributed by atoms with Crippen LogP contribution in [-0.2, 0) is 0 Å². The fourth-order valence-electron chi connectivity index (χ4n) is 2.57. The average molecular weight is 357 g/mol. The van der Waals surface area contributed by atoms with Crippen molar-refractivity contribution >= 4 is 17.4 Å². The Hall–Kier alpha value is -2.44. The molecule has 6 nitrogen and oxygen atoms in total. The van der Waals surface area contributed by atoms with Crippen molar-refractivity contribution in [3.8, 4) is 5.82 Å². The van der Waals surface area contributed by atoms with Crippen LogP contribution < -0.4 is 5.32 Å². The summed E-state index contributed by atoms with van der Waals surface area (Å²) in [7, 11) is 4.10. The fourth-order valence-corrected chi connectivity index (χ4v) is 2.70. The highest BCUT2D eigenvalue weighted by Crippen LogP contribution is 2.21. The molecule has 1 aromatic carbocycles. The number of aromatic nitrogens is 4. The molecule has 0 spiro atoms. The van der Waals surface area contributed by atoms with Gasteiger partial charge in [0.1, 0.15) is 5.82 Å². The summed E-state index contributed by atoms with van der Waals surface area (Å²) in [5, 5.41) is 16.9. The van der Waals surface area contributed by atoms with Crippen molar-refractivity contribution in [1.29, 1.82) is 0 Å². The number of likely N-dealkylation sites (N-methyl/N-ethyl adjacent to an activating group) is 1. The van der Waals surface area contributed by atoms with Crippen LogP contribution in [0.25, 0.3) is 5.82 Å². The third kappa shape index (κ3) is 4.35. The highest BCUT2D eigenvalue weighted by Gasteiger charge is 2.14. The highest BCUT2D eigenvalue weighted by molar-refractivity contribution is 6.30. The summed E-state index contributed by atoms with van der Waals surface area (Å²) in [6.45, 7) is 2.65. The molecule has 0 radical (unpaired) electrons. The molecule has 1 atom stereocenters. The van der Waals surface area contributed by atoms with Gasteiger partial charge in [-0.1, -0.05) is 23.7 Å². The Morgan fingerprint density at radius 3 is 2.40 bits per heavy atom. The van der Waals surface area contributed by atoms with Crippen LogP contribution in [0.15, 0.2) is 48.7 Å². The zero-order valence-corrected chi connectivity index (χ0v) is 15.3. The first-order valence-corrected chi connectivity index (χ1v) is 8.43. The molecular weight excluding hydrogens is 336 g/mol. The predicted octanol–water partition coefficient (Wildman–Crippen LogP) is 3.34. The van der Waals surface area contributed by atoms with Crippen molar-refractivity contribution in [2.75, 3.05) is 26.0 Å². The standard InChI is InChI=1S/C18H21ClN6/c1-13-10-11-25(23-13)18-9-8-17(21-22-18)20-12-16(24(2)3)14-4-6-15(19)7-5-14/h4-11,16H,12H2,1-3H3,(H,20,21). The molecule has 2 heterocycles. The monoisotopic (exact) mass is 356 g/mol. The van der Waals surface area contributed by atoms with E-state index in [1.54, 1.807) is 4.68 Å². The summed E-state index contributed by atoms with van der Waals surface area (Å²) in [5.41, 5.74) is 2.14. The van der Waals surface area contributed by atoms with Crippen LogP contribution in [0.3, 0.4) is 0 Å². The number of halogens is 1. The Bertz CT molecular complexity index is 810. The number of rotatable bonds is 6. The lowest BCUT2D eigenvalue weighted by Gasteiger charge is -2.25. The molecule has 25 heavy (non-hydrogen) atoms. The van der Waals surface area contributed by atoms with E-state index in [1.165, 1.54) is 5.56 Å². The molecule has 3 rings (SSSR count). The molecule has 1 unspecified atom stereocenters. The molecule has 2 aromatic heterocycles. The maximum Gasteiger partial charge on any atom is 0.175 e. The molecule has 7 heteroatoms. The van der Waals surface area contributed by atoms with Gasteiger partial charge in [-0.2, -0.15) is 5.10 Å².